The molecule has 7 heteroatoms. The molecule has 3 heterocycles. The summed E-state index contributed by atoms with van der Waals surface area (Å²) < 4.78 is 14.1. The van der Waals surface area contributed by atoms with Crippen LogP contribution in [-0.2, 0) is 0 Å². The minimum Gasteiger partial charge on any atom is -0.365 e. The molecule has 2 aromatic heterocycles. The van der Waals surface area contributed by atoms with Gasteiger partial charge in [-0.25, -0.2) is 14.4 Å². The quantitative estimate of drug-likeness (QED) is 0.936. The van der Waals surface area contributed by atoms with E-state index < -0.39 is 5.82 Å². The first-order valence-corrected chi connectivity index (χ1v) is 8.01. The van der Waals surface area contributed by atoms with Gasteiger partial charge >= 0.3 is 0 Å². The average Bonchev–Trinajstić information content (AvgIpc) is 2.60. The van der Waals surface area contributed by atoms with Crippen LogP contribution in [0.2, 0.25) is 0 Å². The number of pyridine rings is 1. The summed E-state index contributed by atoms with van der Waals surface area (Å²) in [4.78, 5) is 26.3. The molecule has 0 radical (unpaired) electrons. The van der Waals surface area contributed by atoms with Gasteiger partial charge < -0.3 is 10.2 Å². The van der Waals surface area contributed by atoms with E-state index in [-0.39, 0.29) is 17.8 Å². The Bertz CT molecular complexity index is 729. The van der Waals surface area contributed by atoms with Gasteiger partial charge in [-0.2, -0.15) is 0 Å². The summed E-state index contributed by atoms with van der Waals surface area (Å²) in [6.07, 6.45) is 4.73. The number of rotatable bonds is 3. The van der Waals surface area contributed by atoms with Crippen LogP contribution in [-0.4, -0.2) is 44.9 Å². The molecule has 1 aliphatic heterocycles. The molecule has 0 aliphatic carbocycles. The van der Waals surface area contributed by atoms with Crippen molar-refractivity contribution >= 4 is 11.7 Å². The SMILES string of the molecule is Cc1nc(C)c(F)c(NC2CCN(C(=O)c3ccncc3)CC2)n1. The lowest BCUT2D eigenvalue weighted by molar-refractivity contribution is 0.0718. The zero-order chi connectivity index (χ0) is 17.1. The topological polar surface area (TPSA) is 71.0 Å². The maximum Gasteiger partial charge on any atom is 0.253 e. The Kier molecular flexibility index (Phi) is 4.69. The fraction of sp³-hybridized carbons (Fsp3) is 0.412. The van der Waals surface area contributed by atoms with E-state index in [1.807, 2.05) is 4.90 Å². The van der Waals surface area contributed by atoms with E-state index in [0.29, 0.717) is 30.2 Å². The minimum atomic E-state index is -0.407. The van der Waals surface area contributed by atoms with Gasteiger partial charge in [0.15, 0.2) is 11.6 Å². The predicted octanol–water partition coefficient (Wildman–Crippen LogP) is 2.34. The van der Waals surface area contributed by atoms with Crippen molar-refractivity contribution in [3.05, 3.63) is 47.4 Å². The fourth-order valence-corrected chi connectivity index (χ4v) is 2.89. The molecule has 0 bridgehead atoms. The minimum absolute atomic E-state index is 0.00996. The summed E-state index contributed by atoms with van der Waals surface area (Å²) in [7, 11) is 0. The summed E-state index contributed by atoms with van der Waals surface area (Å²) in [6, 6.07) is 3.53. The summed E-state index contributed by atoms with van der Waals surface area (Å²) in [5.41, 5.74) is 0.986. The number of anilines is 1. The number of hydrogen-bond acceptors (Lipinski definition) is 5. The Labute approximate surface area is 140 Å². The number of nitrogens with zero attached hydrogens (tertiary/aromatic N) is 4. The molecule has 0 atom stereocenters. The molecule has 0 unspecified atom stereocenters. The molecule has 3 rings (SSSR count). The maximum absolute atomic E-state index is 14.1. The predicted molar refractivity (Wildman–Crippen MR) is 88.2 cm³/mol. The first kappa shape index (κ1) is 16.3. The van der Waals surface area contributed by atoms with E-state index in [1.54, 1.807) is 38.4 Å². The van der Waals surface area contributed by atoms with Crippen LogP contribution >= 0.6 is 0 Å². The van der Waals surface area contributed by atoms with Crippen molar-refractivity contribution in [1.29, 1.82) is 0 Å². The molecule has 0 saturated carbocycles. The number of likely N-dealkylation sites (tertiary alicyclic amines) is 1. The highest BCUT2D eigenvalue weighted by Gasteiger charge is 2.24. The van der Waals surface area contributed by atoms with Crippen LogP contribution in [0.25, 0.3) is 0 Å². The normalized spacial score (nSPS) is 15.4. The number of piperidine rings is 1. The van der Waals surface area contributed by atoms with Crippen molar-refractivity contribution in [1.82, 2.24) is 19.9 Å². The van der Waals surface area contributed by atoms with Crippen LogP contribution in [0, 0.1) is 19.7 Å². The Balaban J connectivity index is 1.61. The number of amides is 1. The van der Waals surface area contributed by atoms with Crippen LogP contribution in [0.15, 0.2) is 24.5 Å². The first-order chi connectivity index (χ1) is 11.5. The Morgan fingerprint density at radius 3 is 2.54 bits per heavy atom. The second-order valence-electron chi connectivity index (χ2n) is 5.97. The van der Waals surface area contributed by atoms with E-state index in [4.69, 9.17) is 0 Å². The number of halogens is 1. The molecule has 0 spiro atoms. The van der Waals surface area contributed by atoms with Gasteiger partial charge in [0.25, 0.3) is 5.91 Å². The number of aromatic nitrogens is 3. The summed E-state index contributed by atoms with van der Waals surface area (Å²) in [5, 5.41) is 3.16. The summed E-state index contributed by atoms with van der Waals surface area (Å²) >= 11 is 0. The van der Waals surface area contributed by atoms with Gasteiger partial charge in [-0.15, -0.1) is 0 Å². The van der Waals surface area contributed by atoms with E-state index >= 15 is 0 Å². The van der Waals surface area contributed by atoms with Gasteiger partial charge in [-0.05, 0) is 38.8 Å². The highest BCUT2D eigenvalue weighted by Crippen LogP contribution is 2.20. The lowest BCUT2D eigenvalue weighted by atomic mass is 10.0. The number of carbonyl (C=O) groups is 1. The molecule has 24 heavy (non-hydrogen) atoms. The van der Waals surface area contributed by atoms with Gasteiger partial charge in [0.05, 0.1) is 5.69 Å². The zero-order valence-corrected chi connectivity index (χ0v) is 13.8. The number of aryl methyl sites for hydroxylation is 2. The van der Waals surface area contributed by atoms with Crippen molar-refractivity contribution in [2.75, 3.05) is 18.4 Å². The summed E-state index contributed by atoms with van der Waals surface area (Å²) in [5.74, 6) is 0.396. The van der Waals surface area contributed by atoms with E-state index in [2.05, 4.69) is 20.3 Å². The molecular formula is C17H20FN5O. The van der Waals surface area contributed by atoms with Crippen molar-refractivity contribution < 1.29 is 9.18 Å². The molecule has 0 aromatic carbocycles. The smallest absolute Gasteiger partial charge is 0.253 e. The van der Waals surface area contributed by atoms with Crippen LogP contribution in [0.1, 0.15) is 34.7 Å². The second-order valence-corrected chi connectivity index (χ2v) is 5.97. The third-order valence-corrected chi connectivity index (χ3v) is 4.18. The Morgan fingerprint density at radius 2 is 1.88 bits per heavy atom. The van der Waals surface area contributed by atoms with Crippen molar-refractivity contribution in [2.24, 2.45) is 0 Å². The average molecular weight is 329 g/mol. The number of hydrogen-bond donors (Lipinski definition) is 1. The van der Waals surface area contributed by atoms with E-state index in [9.17, 15) is 9.18 Å². The maximum atomic E-state index is 14.1. The van der Waals surface area contributed by atoms with Gasteiger partial charge in [-0.3, -0.25) is 9.78 Å². The second kappa shape index (κ2) is 6.90. The van der Waals surface area contributed by atoms with E-state index in [1.165, 1.54) is 0 Å². The summed E-state index contributed by atoms with van der Waals surface area (Å²) in [6.45, 7) is 4.63. The van der Waals surface area contributed by atoms with Crippen molar-refractivity contribution in [3.63, 3.8) is 0 Å². The fourth-order valence-electron chi connectivity index (χ4n) is 2.89. The number of carbonyl (C=O) groups excluding carboxylic acids is 1. The van der Waals surface area contributed by atoms with Crippen LogP contribution in [0.5, 0.6) is 0 Å². The number of nitrogens with one attached hydrogen (secondary N) is 1. The molecular weight excluding hydrogens is 309 g/mol. The molecule has 126 valence electrons. The van der Waals surface area contributed by atoms with Crippen molar-refractivity contribution in [2.45, 2.75) is 32.7 Å². The molecule has 1 amide bonds. The zero-order valence-electron chi connectivity index (χ0n) is 13.8. The largest absolute Gasteiger partial charge is 0.365 e. The van der Waals surface area contributed by atoms with Crippen LogP contribution in [0.3, 0.4) is 0 Å². The molecule has 1 N–H and O–H groups in total. The van der Waals surface area contributed by atoms with Gasteiger partial charge in [-0.1, -0.05) is 0 Å². The molecule has 2 aromatic rings. The Morgan fingerprint density at radius 1 is 1.21 bits per heavy atom. The molecule has 1 saturated heterocycles. The third-order valence-electron chi connectivity index (χ3n) is 4.18. The van der Waals surface area contributed by atoms with Gasteiger partial charge in [0, 0.05) is 37.1 Å². The third kappa shape index (κ3) is 3.50. The van der Waals surface area contributed by atoms with Gasteiger partial charge in [0.2, 0.25) is 0 Å². The lowest BCUT2D eigenvalue weighted by Crippen LogP contribution is -2.42. The molecule has 1 aliphatic rings. The van der Waals surface area contributed by atoms with Gasteiger partial charge in [0.1, 0.15) is 5.82 Å². The first-order valence-electron chi connectivity index (χ1n) is 8.01. The highest BCUT2D eigenvalue weighted by molar-refractivity contribution is 5.94. The van der Waals surface area contributed by atoms with Crippen molar-refractivity contribution in [3.8, 4) is 0 Å². The van der Waals surface area contributed by atoms with Crippen LogP contribution in [0.4, 0.5) is 10.2 Å². The molecule has 6 nitrogen and oxygen atoms in total. The van der Waals surface area contributed by atoms with E-state index in [0.717, 1.165) is 12.8 Å². The Hall–Kier alpha value is -2.57. The molecule has 1 fully saturated rings. The van der Waals surface area contributed by atoms with Crippen LogP contribution < -0.4 is 5.32 Å². The lowest BCUT2D eigenvalue weighted by Gasteiger charge is -2.32. The monoisotopic (exact) mass is 329 g/mol. The standard InChI is InChI=1S/C17H20FN5O/c1-11-15(18)16(21-12(2)20-11)22-14-5-9-23(10-6-14)17(24)13-3-7-19-8-4-13/h3-4,7-8,14H,5-6,9-10H2,1-2H3,(H,20,21,22). The highest BCUT2D eigenvalue weighted by atomic mass is 19.1.